The van der Waals surface area contributed by atoms with Crippen molar-refractivity contribution in [2.75, 3.05) is 11.9 Å². The summed E-state index contributed by atoms with van der Waals surface area (Å²) in [5.74, 6) is -1.93. The number of nitrogens with one attached hydrogen (secondary N) is 1. The van der Waals surface area contributed by atoms with E-state index in [0.29, 0.717) is 35.2 Å². The van der Waals surface area contributed by atoms with E-state index in [1.165, 1.54) is 0 Å². The molecule has 1 saturated carbocycles. The van der Waals surface area contributed by atoms with E-state index in [2.05, 4.69) is 5.32 Å². The largest absolute Gasteiger partial charge is 0.381 e. The first-order chi connectivity index (χ1) is 8.70. The Labute approximate surface area is 110 Å². The number of halogens is 2. The van der Waals surface area contributed by atoms with E-state index in [-0.39, 0.29) is 0 Å². The number of para-hydroxylation sites is 1. The number of nitrogens with two attached hydrogens (primary N) is 1. The fourth-order valence-corrected chi connectivity index (χ4v) is 3.10. The zero-order valence-electron chi connectivity index (χ0n) is 10.1. The molecule has 18 heavy (non-hydrogen) atoms. The Bertz CT molecular complexity index is 387. The highest BCUT2D eigenvalue weighted by Gasteiger charge is 2.26. The molecule has 1 aliphatic rings. The SMILES string of the molecule is NCC1CCCC1Nc1ccccc1SC(F)F. The average molecular weight is 272 g/mol. The van der Waals surface area contributed by atoms with Gasteiger partial charge in [0, 0.05) is 16.6 Å². The van der Waals surface area contributed by atoms with Crippen molar-refractivity contribution < 1.29 is 8.78 Å². The second-order valence-electron chi connectivity index (χ2n) is 4.55. The molecule has 0 aromatic heterocycles. The number of thioether (sulfide) groups is 1. The number of anilines is 1. The summed E-state index contributed by atoms with van der Waals surface area (Å²) in [6.07, 6.45) is 3.34. The summed E-state index contributed by atoms with van der Waals surface area (Å²) in [6, 6.07) is 7.55. The fraction of sp³-hybridized carbons (Fsp3) is 0.538. The van der Waals surface area contributed by atoms with Gasteiger partial charge in [0.2, 0.25) is 0 Å². The van der Waals surface area contributed by atoms with E-state index in [4.69, 9.17) is 5.73 Å². The van der Waals surface area contributed by atoms with Gasteiger partial charge in [-0.25, -0.2) is 0 Å². The minimum absolute atomic E-state index is 0.314. The first-order valence-electron chi connectivity index (χ1n) is 6.21. The fourth-order valence-electron chi connectivity index (χ4n) is 2.49. The lowest BCUT2D eigenvalue weighted by Gasteiger charge is -2.22. The first-order valence-corrected chi connectivity index (χ1v) is 7.09. The lowest BCUT2D eigenvalue weighted by molar-refractivity contribution is 0.252. The Kier molecular flexibility index (Phi) is 4.83. The van der Waals surface area contributed by atoms with Crippen molar-refractivity contribution in [3.63, 3.8) is 0 Å². The van der Waals surface area contributed by atoms with Crippen LogP contribution in [-0.2, 0) is 0 Å². The van der Waals surface area contributed by atoms with Crippen LogP contribution in [0.4, 0.5) is 14.5 Å². The van der Waals surface area contributed by atoms with Crippen LogP contribution in [-0.4, -0.2) is 18.3 Å². The molecule has 0 aliphatic heterocycles. The smallest absolute Gasteiger partial charge is 0.288 e. The number of rotatable bonds is 5. The van der Waals surface area contributed by atoms with E-state index in [0.717, 1.165) is 24.9 Å². The van der Waals surface area contributed by atoms with Gasteiger partial charge >= 0.3 is 0 Å². The van der Waals surface area contributed by atoms with Crippen molar-refractivity contribution >= 4 is 17.4 Å². The summed E-state index contributed by atoms with van der Waals surface area (Å²) in [5.41, 5.74) is 6.53. The van der Waals surface area contributed by atoms with Gasteiger partial charge in [0.05, 0.1) is 0 Å². The zero-order valence-corrected chi connectivity index (χ0v) is 10.9. The van der Waals surface area contributed by atoms with Crippen molar-refractivity contribution in [3.8, 4) is 0 Å². The summed E-state index contributed by atoms with van der Waals surface area (Å²) in [4.78, 5) is 0.607. The third-order valence-corrected chi connectivity index (χ3v) is 4.19. The molecule has 3 N–H and O–H groups in total. The molecule has 1 aliphatic carbocycles. The van der Waals surface area contributed by atoms with Gasteiger partial charge in [0.1, 0.15) is 0 Å². The topological polar surface area (TPSA) is 38.0 Å². The monoisotopic (exact) mass is 272 g/mol. The molecular weight excluding hydrogens is 254 g/mol. The van der Waals surface area contributed by atoms with Crippen LogP contribution in [0.25, 0.3) is 0 Å². The standard InChI is InChI=1S/C13H18F2N2S/c14-13(15)18-12-7-2-1-5-11(12)17-10-6-3-4-9(10)8-16/h1-2,5,7,9-10,13,17H,3-4,6,8,16H2. The van der Waals surface area contributed by atoms with E-state index >= 15 is 0 Å². The summed E-state index contributed by atoms with van der Waals surface area (Å²) < 4.78 is 24.9. The molecule has 100 valence electrons. The van der Waals surface area contributed by atoms with Gasteiger partial charge in [0.15, 0.2) is 0 Å². The van der Waals surface area contributed by atoms with E-state index in [1.54, 1.807) is 12.1 Å². The molecule has 0 spiro atoms. The maximum atomic E-state index is 12.5. The molecule has 0 radical (unpaired) electrons. The molecular formula is C13H18F2N2S. The van der Waals surface area contributed by atoms with Crippen LogP contribution in [0.1, 0.15) is 19.3 Å². The quantitative estimate of drug-likeness (QED) is 0.805. The van der Waals surface area contributed by atoms with Crippen LogP contribution >= 0.6 is 11.8 Å². The van der Waals surface area contributed by atoms with Crippen molar-refractivity contribution in [1.82, 2.24) is 0 Å². The highest BCUT2D eigenvalue weighted by molar-refractivity contribution is 7.99. The Morgan fingerprint density at radius 2 is 2.11 bits per heavy atom. The highest BCUT2D eigenvalue weighted by atomic mass is 32.2. The number of hydrogen-bond acceptors (Lipinski definition) is 3. The van der Waals surface area contributed by atoms with E-state index in [9.17, 15) is 8.78 Å². The maximum absolute atomic E-state index is 12.5. The predicted octanol–water partition coefficient (Wildman–Crippen LogP) is 3.54. The van der Waals surface area contributed by atoms with E-state index in [1.807, 2.05) is 12.1 Å². The maximum Gasteiger partial charge on any atom is 0.288 e. The summed E-state index contributed by atoms with van der Waals surface area (Å²) in [6.45, 7) is 0.655. The van der Waals surface area contributed by atoms with E-state index < -0.39 is 5.76 Å². The Morgan fingerprint density at radius 1 is 1.33 bits per heavy atom. The van der Waals surface area contributed by atoms with Crippen LogP contribution in [0.2, 0.25) is 0 Å². The Balaban J connectivity index is 2.08. The number of benzene rings is 1. The van der Waals surface area contributed by atoms with Crippen LogP contribution in [0.15, 0.2) is 29.2 Å². The van der Waals surface area contributed by atoms with Gasteiger partial charge in [-0.2, -0.15) is 8.78 Å². The number of hydrogen-bond donors (Lipinski definition) is 2. The molecule has 1 aromatic rings. The first kappa shape index (κ1) is 13.6. The second kappa shape index (κ2) is 6.38. The molecule has 0 saturated heterocycles. The van der Waals surface area contributed by atoms with Crippen LogP contribution < -0.4 is 11.1 Å². The van der Waals surface area contributed by atoms with Gasteiger partial charge in [-0.1, -0.05) is 30.3 Å². The lowest BCUT2D eigenvalue weighted by atomic mass is 10.0. The van der Waals surface area contributed by atoms with Gasteiger partial charge in [-0.05, 0) is 37.4 Å². The summed E-state index contributed by atoms with van der Waals surface area (Å²) in [5, 5.41) is 3.38. The Hall–Kier alpha value is -0.810. The normalized spacial score (nSPS) is 23.6. The second-order valence-corrected chi connectivity index (χ2v) is 5.58. The number of alkyl halides is 2. The third-order valence-electron chi connectivity index (χ3n) is 3.41. The predicted molar refractivity (Wildman–Crippen MR) is 72.1 cm³/mol. The molecule has 1 aromatic carbocycles. The van der Waals surface area contributed by atoms with Crippen molar-refractivity contribution in [3.05, 3.63) is 24.3 Å². The van der Waals surface area contributed by atoms with Gasteiger partial charge < -0.3 is 11.1 Å². The molecule has 0 bridgehead atoms. The summed E-state index contributed by atoms with van der Waals surface area (Å²) >= 11 is 0.590. The minimum Gasteiger partial charge on any atom is -0.381 e. The molecule has 2 nitrogen and oxygen atoms in total. The molecule has 0 heterocycles. The van der Waals surface area contributed by atoms with Crippen LogP contribution in [0.3, 0.4) is 0 Å². The Morgan fingerprint density at radius 3 is 2.83 bits per heavy atom. The average Bonchev–Trinajstić information content (AvgIpc) is 2.78. The summed E-state index contributed by atoms with van der Waals surface area (Å²) in [7, 11) is 0. The van der Waals surface area contributed by atoms with Crippen molar-refractivity contribution in [2.24, 2.45) is 11.7 Å². The van der Waals surface area contributed by atoms with Gasteiger partial charge in [-0.15, -0.1) is 0 Å². The molecule has 2 rings (SSSR count). The minimum atomic E-state index is -2.39. The zero-order chi connectivity index (χ0) is 13.0. The highest BCUT2D eigenvalue weighted by Crippen LogP contribution is 2.34. The van der Waals surface area contributed by atoms with Gasteiger partial charge in [0.25, 0.3) is 5.76 Å². The molecule has 1 fully saturated rings. The van der Waals surface area contributed by atoms with Crippen molar-refractivity contribution in [1.29, 1.82) is 0 Å². The van der Waals surface area contributed by atoms with Crippen molar-refractivity contribution in [2.45, 2.75) is 36.0 Å². The van der Waals surface area contributed by atoms with Gasteiger partial charge in [-0.3, -0.25) is 0 Å². The molecule has 0 amide bonds. The lowest BCUT2D eigenvalue weighted by Crippen LogP contribution is -2.29. The molecule has 5 heteroatoms. The molecule has 2 unspecified atom stereocenters. The van der Waals surface area contributed by atoms with Crippen LogP contribution in [0.5, 0.6) is 0 Å². The van der Waals surface area contributed by atoms with Crippen LogP contribution in [0, 0.1) is 5.92 Å². The third kappa shape index (κ3) is 3.36. The molecule has 2 atom stereocenters.